The minimum absolute atomic E-state index is 0.107. The molecule has 11 nitrogen and oxygen atoms in total. The standard InChI is InChI=1S/C25H20N6O5S/c26-15-19-16-28-30-24(19)29-23(32)17-27-25(33)18-11-13-22(14-12-18)37(34,35)31(20-7-3-1-4-8-20)36-21-9-5-2-6-10-21/h1-14,16H,17H2,(H,27,33)(H2,28,29,30,32). The number of aromatic amines is 1. The maximum absolute atomic E-state index is 13.5. The van der Waals surface area contributed by atoms with Crippen LogP contribution in [0.3, 0.4) is 0 Å². The molecule has 0 aliphatic rings. The molecule has 186 valence electrons. The van der Waals surface area contributed by atoms with Crippen LogP contribution < -0.4 is 19.9 Å². The molecule has 1 heterocycles. The third-order valence-electron chi connectivity index (χ3n) is 4.96. The van der Waals surface area contributed by atoms with E-state index in [1.807, 2.05) is 6.07 Å². The molecule has 0 bridgehead atoms. The number of rotatable bonds is 9. The van der Waals surface area contributed by atoms with Gasteiger partial charge in [-0.3, -0.25) is 14.7 Å². The van der Waals surface area contributed by atoms with Crippen LogP contribution in [-0.4, -0.2) is 37.0 Å². The van der Waals surface area contributed by atoms with Crippen molar-refractivity contribution in [3.8, 4) is 11.8 Å². The number of H-pyrrole nitrogens is 1. The second kappa shape index (κ2) is 11.1. The highest BCUT2D eigenvalue weighted by Gasteiger charge is 2.28. The van der Waals surface area contributed by atoms with Crippen LogP contribution in [0.2, 0.25) is 0 Å². The number of anilines is 2. The molecule has 37 heavy (non-hydrogen) atoms. The molecule has 2 amide bonds. The first-order chi connectivity index (χ1) is 17.9. The summed E-state index contributed by atoms with van der Waals surface area (Å²) in [6.45, 7) is -0.379. The topological polar surface area (TPSA) is 157 Å². The second-order valence-electron chi connectivity index (χ2n) is 7.50. The molecular formula is C25H20N6O5S. The number of nitrogens with zero attached hydrogens (tertiary/aromatic N) is 3. The molecule has 4 rings (SSSR count). The maximum Gasteiger partial charge on any atom is 0.295 e. The van der Waals surface area contributed by atoms with Gasteiger partial charge < -0.3 is 15.5 Å². The number of benzene rings is 3. The van der Waals surface area contributed by atoms with E-state index in [4.69, 9.17) is 10.1 Å². The molecule has 0 fully saturated rings. The first-order valence-electron chi connectivity index (χ1n) is 10.8. The predicted octanol–water partition coefficient (Wildman–Crippen LogP) is 2.84. The van der Waals surface area contributed by atoms with E-state index in [2.05, 4.69) is 20.8 Å². The van der Waals surface area contributed by atoms with Gasteiger partial charge in [0.1, 0.15) is 17.5 Å². The Labute approximate surface area is 212 Å². The summed E-state index contributed by atoms with van der Waals surface area (Å²) >= 11 is 0. The Morgan fingerprint density at radius 2 is 1.62 bits per heavy atom. The van der Waals surface area contributed by atoms with Crippen LogP contribution in [0, 0.1) is 11.3 Å². The highest BCUT2D eigenvalue weighted by atomic mass is 32.2. The van der Waals surface area contributed by atoms with Gasteiger partial charge in [0.2, 0.25) is 5.91 Å². The molecule has 3 aromatic carbocycles. The van der Waals surface area contributed by atoms with Crippen molar-refractivity contribution in [2.75, 3.05) is 16.3 Å². The number of para-hydroxylation sites is 2. The summed E-state index contributed by atoms with van der Waals surface area (Å²) in [5.74, 6) is -0.729. The Morgan fingerprint density at radius 1 is 0.973 bits per heavy atom. The lowest BCUT2D eigenvalue weighted by Crippen LogP contribution is -2.34. The number of aromatic nitrogens is 2. The summed E-state index contributed by atoms with van der Waals surface area (Å²) in [4.78, 5) is 30.2. The number of nitrogens with one attached hydrogen (secondary N) is 3. The molecule has 0 saturated heterocycles. The summed E-state index contributed by atoms with van der Waals surface area (Å²) in [5.41, 5.74) is 0.578. The van der Waals surface area contributed by atoms with Crippen molar-refractivity contribution < 1.29 is 22.8 Å². The van der Waals surface area contributed by atoms with Gasteiger partial charge in [-0.1, -0.05) is 40.9 Å². The SMILES string of the molecule is N#Cc1cn[nH]c1NC(=O)CNC(=O)c1ccc(S(=O)(=O)N(Oc2ccccc2)c2ccccc2)cc1. The Morgan fingerprint density at radius 3 is 2.27 bits per heavy atom. The van der Waals surface area contributed by atoms with Crippen molar-refractivity contribution in [1.82, 2.24) is 15.5 Å². The smallest absolute Gasteiger partial charge is 0.295 e. The molecule has 1 aromatic heterocycles. The maximum atomic E-state index is 13.5. The van der Waals surface area contributed by atoms with Crippen LogP contribution in [0.15, 0.2) is 96.0 Å². The minimum Gasteiger partial charge on any atom is -0.364 e. The van der Waals surface area contributed by atoms with E-state index in [1.54, 1.807) is 60.7 Å². The molecule has 0 unspecified atom stereocenters. The van der Waals surface area contributed by atoms with Crippen molar-refractivity contribution in [2.24, 2.45) is 0 Å². The Kier molecular flexibility index (Phi) is 7.46. The Hall–Kier alpha value is -5.15. The number of hydrogen-bond acceptors (Lipinski definition) is 7. The minimum atomic E-state index is -4.18. The monoisotopic (exact) mass is 516 g/mol. The van der Waals surface area contributed by atoms with Gasteiger partial charge in [0, 0.05) is 5.56 Å². The molecule has 4 aromatic rings. The van der Waals surface area contributed by atoms with Gasteiger partial charge in [0.25, 0.3) is 15.9 Å². The lowest BCUT2D eigenvalue weighted by molar-refractivity contribution is -0.115. The number of nitriles is 1. The van der Waals surface area contributed by atoms with E-state index in [-0.39, 0.29) is 34.1 Å². The quantitative estimate of drug-likeness (QED) is 0.289. The summed E-state index contributed by atoms with van der Waals surface area (Å²) in [7, 11) is -4.18. The zero-order valence-electron chi connectivity index (χ0n) is 19.2. The van der Waals surface area contributed by atoms with Crippen molar-refractivity contribution in [3.63, 3.8) is 0 Å². The van der Waals surface area contributed by atoms with E-state index in [1.165, 1.54) is 30.5 Å². The van der Waals surface area contributed by atoms with Gasteiger partial charge in [-0.25, -0.2) is 0 Å². The molecular weight excluding hydrogens is 496 g/mol. The van der Waals surface area contributed by atoms with Crippen molar-refractivity contribution in [1.29, 1.82) is 5.26 Å². The number of carbonyl (C=O) groups excluding carboxylic acids is 2. The average Bonchev–Trinajstić information content (AvgIpc) is 3.38. The lowest BCUT2D eigenvalue weighted by Gasteiger charge is -2.24. The van der Waals surface area contributed by atoms with E-state index >= 15 is 0 Å². The largest absolute Gasteiger partial charge is 0.364 e. The number of sulfonamides is 1. The van der Waals surface area contributed by atoms with Gasteiger partial charge in [-0.15, -0.1) is 0 Å². The van der Waals surface area contributed by atoms with Crippen LogP contribution in [0.5, 0.6) is 5.75 Å². The zero-order chi connectivity index (χ0) is 26.3. The van der Waals surface area contributed by atoms with Gasteiger partial charge in [0.15, 0.2) is 5.75 Å². The van der Waals surface area contributed by atoms with Crippen molar-refractivity contribution >= 4 is 33.3 Å². The average molecular weight is 517 g/mol. The molecule has 0 saturated carbocycles. The first kappa shape index (κ1) is 25.0. The van der Waals surface area contributed by atoms with Crippen molar-refractivity contribution in [3.05, 3.63) is 102 Å². The summed E-state index contributed by atoms with van der Waals surface area (Å²) in [6.07, 6.45) is 1.26. The third kappa shape index (κ3) is 5.92. The predicted molar refractivity (Wildman–Crippen MR) is 134 cm³/mol. The van der Waals surface area contributed by atoms with Crippen LogP contribution in [0.25, 0.3) is 0 Å². The number of hydrogen-bond donors (Lipinski definition) is 3. The number of carbonyl (C=O) groups is 2. The fourth-order valence-corrected chi connectivity index (χ4v) is 4.41. The highest BCUT2D eigenvalue weighted by molar-refractivity contribution is 7.92. The van der Waals surface area contributed by atoms with Crippen LogP contribution in [0.4, 0.5) is 11.5 Å². The van der Waals surface area contributed by atoms with Crippen LogP contribution >= 0.6 is 0 Å². The fourth-order valence-electron chi connectivity index (χ4n) is 3.15. The molecule has 0 radical (unpaired) electrons. The molecule has 3 N–H and O–H groups in total. The summed E-state index contributed by atoms with van der Waals surface area (Å²) < 4.78 is 27.7. The third-order valence-corrected chi connectivity index (χ3v) is 6.55. The summed E-state index contributed by atoms with van der Waals surface area (Å²) in [5, 5.41) is 20.0. The Balaban J connectivity index is 1.47. The van der Waals surface area contributed by atoms with Gasteiger partial charge >= 0.3 is 0 Å². The fraction of sp³-hybridized carbons (Fsp3) is 0.0400. The van der Waals surface area contributed by atoms with E-state index in [9.17, 15) is 18.0 Å². The molecule has 0 atom stereocenters. The lowest BCUT2D eigenvalue weighted by atomic mass is 10.2. The van der Waals surface area contributed by atoms with E-state index in [0.29, 0.717) is 5.75 Å². The number of amides is 2. The van der Waals surface area contributed by atoms with Gasteiger partial charge in [-0.05, 0) is 48.5 Å². The first-order valence-corrected chi connectivity index (χ1v) is 12.3. The zero-order valence-corrected chi connectivity index (χ0v) is 20.0. The van der Waals surface area contributed by atoms with Gasteiger partial charge in [0.05, 0.1) is 23.3 Å². The Bertz CT molecular complexity index is 1530. The van der Waals surface area contributed by atoms with Crippen LogP contribution in [0.1, 0.15) is 15.9 Å². The van der Waals surface area contributed by atoms with Gasteiger partial charge in [-0.2, -0.15) is 18.8 Å². The molecule has 0 aliphatic heterocycles. The highest BCUT2D eigenvalue weighted by Crippen LogP contribution is 2.26. The van der Waals surface area contributed by atoms with Crippen LogP contribution in [-0.2, 0) is 14.8 Å². The molecule has 0 spiro atoms. The molecule has 0 aliphatic carbocycles. The van der Waals surface area contributed by atoms with E-state index in [0.717, 1.165) is 4.47 Å². The normalized spacial score (nSPS) is 10.7. The van der Waals surface area contributed by atoms with Crippen molar-refractivity contribution in [2.45, 2.75) is 4.90 Å². The second-order valence-corrected chi connectivity index (χ2v) is 9.25. The van der Waals surface area contributed by atoms with E-state index < -0.39 is 21.8 Å². The molecule has 12 heteroatoms. The summed E-state index contributed by atoms with van der Waals surface area (Å²) in [6, 6.07) is 23.9.